The van der Waals surface area contributed by atoms with E-state index in [1.54, 1.807) is 29.0 Å². The van der Waals surface area contributed by atoms with E-state index >= 15 is 0 Å². The van der Waals surface area contributed by atoms with Crippen LogP contribution >= 0.6 is 0 Å². The number of halogens is 3. The Labute approximate surface area is 135 Å². The van der Waals surface area contributed by atoms with Gasteiger partial charge in [0.1, 0.15) is 5.76 Å². The van der Waals surface area contributed by atoms with Crippen molar-refractivity contribution in [3.05, 3.63) is 66.8 Å². The standard InChI is InChI=1S/C17H13F3N2O2/c1-2-16(23)21-12-3-5-14-11(9-12)7-8-22(14)10-13-4-6-15(24-13)17(18,19)20/h2-9H,1,10H2,(H,21,23). The molecule has 24 heavy (non-hydrogen) atoms. The van der Waals surface area contributed by atoms with Gasteiger partial charge in [-0.3, -0.25) is 4.79 Å². The second kappa shape index (κ2) is 5.92. The first-order chi connectivity index (χ1) is 11.4. The molecule has 0 unspecified atom stereocenters. The van der Waals surface area contributed by atoms with Crippen molar-refractivity contribution in [3.63, 3.8) is 0 Å². The predicted molar refractivity (Wildman–Crippen MR) is 83.6 cm³/mol. The lowest BCUT2D eigenvalue weighted by atomic mass is 10.2. The number of hydrogen-bond donors (Lipinski definition) is 1. The van der Waals surface area contributed by atoms with E-state index in [4.69, 9.17) is 4.42 Å². The highest BCUT2D eigenvalue weighted by Gasteiger charge is 2.34. The van der Waals surface area contributed by atoms with Gasteiger partial charge in [-0.25, -0.2) is 0 Å². The molecular weight excluding hydrogens is 321 g/mol. The van der Waals surface area contributed by atoms with E-state index in [-0.39, 0.29) is 18.2 Å². The van der Waals surface area contributed by atoms with Crippen LogP contribution in [0, 0.1) is 0 Å². The van der Waals surface area contributed by atoms with E-state index < -0.39 is 11.9 Å². The zero-order valence-electron chi connectivity index (χ0n) is 12.4. The number of amides is 1. The molecule has 1 aromatic carbocycles. The predicted octanol–water partition coefficient (Wildman–Crippen LogP) is 4.43. The fourth-order valence-corrected chi connectivity index (χ4v) is 2.39. The molecule has 7 heteroatoms. The molecule has 2 heterocycles. The number of alkyl halides is 3. The first kappa shape index (κ1) is 15.9. The third-order valence-electron chi connectivity index (χ3n) is 3.49. The number of furan rings is 1. The van der Waals surface area contributed by atoms with Crippen LogP contribution in [0.15, 0.2) is 59.7 Å². The van der Waals surface area contributed by atoms with E-state index in [1.165, 1.54) is 12.1 Å². The third-order valence-corrected chi connectivity index (χ3v) is 3.49. The van der Waals surface area contributed by atoms with Crippen molar-refractivity contribution in [2.45, 2.75) is 12.7 Å². The summed E-state index contributed by atoms with van der Waals surface area (Å²) in [4.78, 5) is 11.3. The van der Waals surface area contributed by atoms with Crippen LogP contribution in [-0.4, -0.2) is 10.5 Å². The van der Waals surface area contributed by atoms with Gasteiger partial charge in [0, 0.05) is 22.8 Å². The second-order valence-electron chi connectivity index (χ2n) is 5.17. The normalized spacial score (nSPS) is 11.6. The smallest absolute Gasteiger partial charge is 0.449 e. The Morgan fingerprint density at radius 1 is 1.25 bits per heavy atom. The molecule has 0 radical (unpaired) electrons. The summed E-state index contributed by atoms with van der Waals surface area (Å²) in [6.07, 6.45) is -1.57. The number of anilines is 1. The molecule has 0 fully saturated rings. The summed E-state index contributed by atoms with van der Waals surface area (Å²) in [5.74, 6) is -1.11. The van der Waals surface area contributed by atoms with Gasteiger partial charge in [0.25, 0.3) is 0 Å². The molecule has 3 rings (SSSR count). The number of fused-ring (bicyclic) bond motifs is 1. The van der Waals surface area contributed by atoms with E-state index in [9.17, 15) is 18.0 Å². The minimum Gasteiger partial charge on any atom is -0.455 e. The van der Waals surface area contributed by atoms with Crippen molar-refractivity contribution in [1.82, 2.24) is 4.57 Å². The highest BCUT2D eigenvalue weighted by atomic mass is 19.4. The molecule has 0 saturated heterocycles. The fourth-order valence-electron chi connectivity index (χ4n) is 2.39. The maximum absolute atomic E-state index is 12.6. The number of benzene rings is 1. The van der Waals surface area contributed by atoms with Crippen molar-refractivity contribution in [1.29, 1.82) is 0 Å². The number of aromatic nitrogens is 1. The van der Waals surface area contributed by atoms with Gasteiger partial charge < -0.3 is 14.3 Å². The van der Waals surface area contributed by atoms with Gasteiger partial charge in [0.2, 0.25) is 11.7 Å². The van der Waals surface area contributed by atoms with Crippen LogP contribution in [0.4, 0.5) is 18.9 Å². The third kappa shape index (κ3) is 3.19. The van der Waals surface area contributed by atoms with E-state index in [0.717, 1.165) is 17.0 Å². The average Bonchev–Trinajstić information content (AvgIpc) is 3.14. The zero-order chi connectivity index (χ0) is 17.3. The summed E-state index contributed by atoms with van der Waals surface area (Å²) in [7, 11) is 0. The van der Waals surface area contributed by atoms with Gasteiger partial charge in [-0.05, 0) is 42.5 Å². The Hall–Kier alpha value is -2.96. The quantitative estimate of drug-likeness (QED) is 0.718. The van der Waals surface area contributed by atoms with Gasteiger partial charge in [-0.1, -0.05) is 6.58 Å². The van der Waals surface area contributed by atoms with Gasteiger partial charge in [-0.15, -0.1) is 0 Å². The van der Waals surface area contributed by atoms with Gasteiger partial charge in [-0.2, -0.15) is 13.2 Å². The Bertz CT molecular complexity index is 906. The number of nitrogens with zero attached hydrogens (tertiary/aromatic N) is 1. The van der Waals surface area contributed by atoms with Crippen LogP contribution in [0.3, 0.4) is 0 Å². The fraction of sp³-hybridized carbons (Fsp3) is 0.118. The lowest BCUT2D eigenvalue weighted by Gasteiger charge is -2.06. The minimum absolute atomic E-state index is 0.179. The van der Waals surface area contributed by atoms with Gasteiger partial charge in [0.15, 0.2) is 0 Å². The number of hydrogen-bond acceptors (Lipinski definition) is 2. The van der Waals surface area contributed by atoms with E-state index in [0.29, 0.717) is 5.69 Å². The lowest BCUT2D eigenvalue weighted by Crippen LogP contribution is -2.07. The molecule has 1 N–H and O–H groups in total. The molecule has 0 aliphatic carbocycles. The Morgan fingerprint density at radius 2 is 2.04 bits per heavy atom. The van der Waals surface area contributed by atoms with Crippen LogP contribution in [0.25, 0.3) is 10.9 Å². The average molecular weight is 334 g/mol. The zero-order valence-corrected chi connectivity index (χ0v) is 12.4. The van der Waals surface area contributed by atoms with Gasteiger partial charge >= 0.3 is 6.18 Å². The minimum atomic E-state index is -4.49. The summed E-state index contributed by atoms with van der Waals surface area (Å²) < 4.78 is 44.3. The number of nitrogens with one attached hydrogen (secondary N) is 1. The van der Waals surface area contributed by atoms with Crippen LogP contribution in [0.1, 0.15) is 11.5 Å². The SMILES string of the molecule is C=CC(=O)Nc1ccc2c(ccn2Cc2ccc(C(F)(F)F)o2)c1. The molecule has 3 aromatic rings. The highest BCUT2D eigenvalue weighted by molar-refractivity contribution is 6.00. The molecular formula is C17H13F3N2O2. The van der Waals surface area contributed by atoms with Crippen molar-refractivity contribution in [3.8, 4) is 0 Å². The maximum Gasteiger partial charge on any atom is 0.449 e. The van der Waals surface area contributed by atoms with Gasteiger partial charge in [0.05, 0.1) is 6.54 Å². The molecule has 0 saturated carbocycles. The highest BCUT2D eigenvalue weighted by Crippen LogP contribution is 2.31. The summed E-state index contributed by atoms with van der Waals surface area (Å²) in [5.41, 5.74) is 1.43. The topological polar surface area (TPSA) is 47.2 Å². The first-order valence-corrected chi connectivity index (χ1v) is 7.05. The summed E-state index contributed by atoms with van der Waals surface area (Å²) >= 11 is 0. The largest absolute Gasteiger partial charge is 0.455 e. The molecule has 0 aliphatic rings. The Kier molecular flexibility index (Phi) is 3.92. The maximum atomic E-state index is 12.6. The monoisotopic (exact) mass is 334 g/mol. The van der Waals surface area contributed by atoms with E-state index in [1.807, 2.05) is 6.07 Å². The first-order valence-electron chi connectivity index (χ1n) is 7.05. The molecule has 0 atom stereocenters. The van der Waals surface area contributed by atoms with E-state index in [2.05, 4.69) is 11.9 Å². The molecule has 4 nitrogen and oxygen atoms in total. The van der Waals surface area contributed by atoms with Crippen LogP contribution in [0.2, 0.25) is 0 Å². The Balaban J connectivity index is 1.84. The lowest BCUT2D eigenvalue weighted by molar-refractivity contribution is -0.153. The molecule has 0 spiro atoms. The Morgan fingerprint density at radius 3 is 2.71 bits per heavy atom. The summed E-state index contributed by atoms with van der Waals surface area (Å²) in [6, 6.07) is 9.31. The van der Waals surface area contributed by atoms with Crippen molar-refractivity contribution < 1.29 is 22.4 Å². The molecule has 1 amide bonds. The number of carbonyl (C=O) groups excluding carboxylic acids is 1. The van der Waals surface area contributed by atoms with Crippen LogP contribution in [0.5, 0.6) is 0 Å². The van der Waals surface area contributed by atoms with Crippen molar-refractivity contribution >= 4 is 22.5 Å². The molecule has 124 valence electrons. The number of rotatable bonds is 4. The van der Waals surface area contributed by atoms with Crippen molar-refractivity contribution in [2.24, 2.45) is 0 Å². The number of carbonyl (C=O) groups is 1. The van der Waals surface area contributed by atoms with Crippen molar-refractivity contribution in [2.75, 3.05) is 5.32 Å². The van der Waals surface area contributed by atoms with Crippen LogP contribution in [-0.2, 0) is 17.5 Å². The summed E-state index contributed by atoms with van der Waals surface area (Å²) in [6.45, 7) is 3.56. The van der Waals surface area contributed by atoms with Crippen LogP contribution < -0.4 is 5.32 Å². The molecule has 2 aromatic heterocycles. The molecule has 0 bridgehead atoms. The molecule has 0 aliphatic heterocycles. The summed E-state index contributed by atoms with van der Waals surface area (Å²) in [5, 5.41) is 3.50. The second-order valence-corrected chi connectivity index (χ2v) is 5.17.